The van der Waals surface area contributed by atoms with Crippen molar-refractivity contribution >= 4 is 11.6 Å². The third-order valence-electron chi connectivity index (χ3n) is 4.45. The van der Waals surface area contributed by atoms with Crippen molar-refractivity contribution in [2.45, 2.75) is 19.8 Å². The summed E-state index contributed by atoms with van der Waals surface area (Å²) in [6.45, 7) is 4.18. The van der Waals surface area contributed by atoms with E-state index in [-0.39, 0.29) is 12.5 Å². The van der Waals surface area contributed by atoms with E-state index >= 15 is 0 Å². The Kier molecular flexibility index (Phi) is 5.22. The molecule has 1 saturated heterocycles. The van der Waals surface area contributed by atoms with Gasteiger partial charge >= 0.3 is 0 Å². The van der Waals surface area contributed by atoms with Gasteiger partial charge in [0.2, 0.25) is 5.91 Å². The minimum Gasteiger partial charge on any atom is -0.396 e. The summed E-state index contributed by atoms with van der Waals surface area (Å²) in [5.41, 5.74) is 0.675. The molecule has 0 aromatic carbocycles. The number of pyridine rings is 1. The zero-order valence-corrected chi connectivity index (χ0v) is 13.9. The van der Waals surface area contributed by atoms with Crippen LogP contribution in [0.15, 0.2) is 30.7 Å². The van der Waals surface area contributed by atoms with Crippen molar-refractivity contribution in [3.05, 3.63) is 36.5 Å². The molecule has 7 heteroatoms. The van der Waals surface area contributed by atoms with Crippen LogP contribution in [0, 0.1) is 12.8 Å². The summed E-state index contributed by atoms with van der Waals surface area (Å²) in [7, 11) is 0. The van der Waals surface area contributed by atoms with Crippen LogP contribution in [-0.4, -0.2) is 56.7 Å². The fourth-order valence-electron chi connectivity index (χ4n) is 3.01. The second-order valence-electron chi connectivity index (χ2n) is 6.17. The fourth-order valence-corrected chi connectivity index (χ4v) is 3.01. The lowest BCUT2D eigenvalue weighted by molar-refractivity contribution is -0.117. The molecule has 3 rings (SSSR count). The number of piperidine rings is 1. The van der Waals surface area contributed by atoms with Crippen LogP contribution in [0.5, 0.6) is 0 Å². The second kappa shape index (κ2) is 7.55. The third-order valence-corrected chi connectivity index (χ3v) is 4.45. The van der Waals surface area contributed by atoms with Gasteiger partial charge in [-0.1, -0.05) is 0 Å². The number of aromatic nitrogens is 3. The lowest BCUT2D eigenvalue weighted by Gasteiger charge is -2.30. The van der Waals surface area contributed by atoms with Gasteiger partial charge in [0, 0.05) is 25.2 Å². The fraction of sp³-hybridized carbons (Fsp3) is 0.471. The Hall–Kier alpha value is -2.25. The van der Waals surface area contributed by atoms with Crippen LogP contribution in [0.4, 0.5) is 5.69 Å². The Morgan fingerprint density at radius 2 is 2.12 bits per heavy atom. The van der Waals surface area contributed by atoms with Crippen molar-refractivity contribution in [1.29, 1.82) is 0 Å². The van der Waals surface area contributed by atoms with E-state index in [0.717, 1.165) is 31.8 Å². The topological polar surface area (TPSA) is 83.3 Å². The number of aliphatic hydroxyl groups is 1. The predicted molar refractivity (Wildman–Crippen MR) is 91.0 cm³/mol. The zero-order chi connectivity index (χ0) is 16.9. The Balaban J connectivity index is 1.64. The molecule has 0 saturated carbocycles. The number of aliphatic hydroxyl groups excluding tert-OH is 1. The number of amides is 1. The SMILES string of the molecule is Cc1nccn1-c1ncccc1NC(=O)CN1CCC(CO)CC1. The average Bonchev–Trinajstić information content (AvgIpc) is 3.02. The standard InChI is InChI=1S/C17H23N5O2/c1-13-18-7-10-22(13)17-15(3-2-6-19-17)20-16(24)11-21-8-4-14(12-23)5-9-21/h2-3,6-7,10,14,23H,4-5,8-9,11-12H2,1H3,(H,20,24). The molecule has 2 N–H and O–H groups in total. The number of nitrogens with one attached hydrogen (secondary N) is 1. The Labute approximate surface area is 141 Å². The van der Waals surface area contributed by atoms with Crippen molar-refractivity contribution in [2.75, 3.05) is 31.6 Å². The molecule has 1 amide bonds. The molecule has 1 aliphatic rings. The quantitative estimate of drug-likeness (QED) is 0.862. The van der Waals surface area contributed by atoms with Crippen LogP contribution in [0.1, 0.15) is 18.7 Å². The maximum Gasteiger partial charge on any atom is 0.238 e. The van der Waals surface area contributed by atoms with Crippen LogP contribution in [-0.2, 0) is 4.79 Å². The van der Waals surface area contributed by atoms with E-state index < -0.39 is 0 Å². The lowest BCUT2D eigenvalue weighted by Crippen LogP contribution is -2.39. The summed E-state index contributed by atoms with van der Waals surface area (Å²) in [5.74, 6) is 1.80. The molecule has 3 heterocycles. The van der Waals surface area contributed by atoms with Gasteiger partial charge in [0.25, 0.3) is 0 Å². The van der Waals surface area contributed by atoms with E-state index in [1.54, 1.807) is 18.5 Å². The number of imidazole rings is 1. The second-order valence-corrected chi connectivity index (χ2v) is 6.17. The molecule has 0 spiro atoms. The van der Waals surface area contributed by atoms with E-state index in [1.807, 2.05) is 23.8 Å². The van der Waals surface area contributed by atoms with Crippen molar-refractivity contribution in [2.24, 2.45) is 5.92 Å². The molecule has 1 aliphatic heterocycles. The van der Waals surface area contributed by atoms with Gasteiger partial charge in [-0.25, -0.2) is 9.97 Å². The molecule has 0 radical (unpaired) electrons. The highest BCUT2D eigenvalue weighted by Gasteiger charge is 2.20. The monoisotopic (exact) mass is 329 g/mol. The maximum atomic E-state index is 12.4. The van der Waals surface area contributed by atoms with Crippen LogP contribution in [0.2, 0.25) is 0 Å². The Bertz CT molecular complexity index is 692. The molecule has 0 atom stereocenters. The summed E-state index contributed by atoms with van der Waals surface area (Å²) in [5, 5.41) is 12.1. The van der Waals surface area contributed by atoms with Crippen LogP contribution in [0.25, 0.3) is 5.82 Å². The summed E-state index contributed by atoms with van der Waals surface area (Å²) < 4.78 is 1.85. The van der Waals surface area contributed by atoms with Crippen molar-refractivity contribution in [1.82, 2.24) is 19.4 Å². The normalized spacial score (nSPS) is 16.2. The minimum atomic E-state index is -0.0514. The number of rotatable bonds is 5. The van der Waals surface area contributed by atoms with E-state index in [9.17, 15) is 9.90 Å². The van der Waals surface area contributed by atoms with Crippen molar-refractivity contribution < 1.29 is 9.90 Å². The first kappa shape index (κ1) is 16.6. The van der Waals surface area contributed by atoms with E-state index in [2.05, 4.69) is 20.2 Å². The Morgan fingerprint density at radius 1 is 1.33 bits per heavy atom. The molecule has 128 valence electrons. The van der Waals surface area contributed by atoms with Crippen molar-refractivity contribution in [3.8, 4) is 5.82 Å². The maximum absolute atomic E-state index is 12.4. The summed E-state index contributed by atoms with van der Waals surface area (Å²) in [6, 6.07) is 3.65. The molecule has 0 unspecified atom stereocenters. The number of hydrogen-bond acceptors (Lipinski definition) is 5. The first-order chi connectivity index (χ1) is 11.7. The highest BCUT2D eigenvalue weighted by Crippen LogP contribution is 2.19. The summed E-state index contributed by atoms with van der Waals surface area (Å²) in [6.07, 6.45) is 7.12. The first-order valence-corrected chi connectivity index (χ1v) is 8.26. The number of carbonyl (C=O) groups excluding carboxylic acids is 1. The molecular formula is C17H23N5O2. The zero-order valence-electron chi connectivity index (χ0n) is 13.9. The van der Waals surface area contributed by atoms with E-state index in [0.29, 0.717) is 24.0 Å². The lowest BCUT2D eigenvalue weighted by atomic mass is 9.98. The van der Waals surface area contributed by atoms with Gasteiger partial charge in [-0.05, 0) is 50.9 Å². The number of aryl methyl sites for hydroxylation is 1. The molecule has 0 aliphatic carbocycles. The molecule has 0 bridgehead atoms. The number of anilines is 1. The summed E-state index contributed by atoms with van der Waals surface area (Å²) >= 11 is 0. The molecular weight excluding hydrogens is 306 g/mol. The van der Waals surface area contributed by atoms with Crippen molar-refractivity contribution in [3.63, 3.8) is 0 Å². The number of hydrogen-bond donors (Lipinski definition) is 2. The van der Waals surface area contributed by atoms with Gasteiger partial charge < -0.3 is 10.4 Å². The van der Waals surface area contributed by atoms with E-state index in [4.69, 9.17) is 0 Å². The predicted octanol–water partition coefficient (Wildman–Crippen LogP) is 1.22. The van der Waals surface area contributed by atoms with Gasteiger partial charge in [-0.3, -0.25) is 14.3 Å². The number of carbonyl (C=O) groups is 1. The molecule has 7 nitrogen and oxygen atoms in total. The number of nitrogens with zero attached hydrogens (tertiary/aromatic N) is 4. The van der Waals surface area contributed by atoms with Gasteiger partial charge in [0.1, 0.15) is 5.82 Å². The van der Waals surface area contributed by atoms with E-state index in [1.165, 1.54) is 0 Å². The molecule has 2 aromatic heterocycles. The molecule has 1 fully saturated rings. The number of likely N-dealkylation sites (tertiary alicyclic amines) is 1. The Morgan fingerprint density at radius 3 is 2.79 bits per heavy atom. The third kappa shape index (κ3) is 3.80. The van der Waals surface area contributed by atoms with Gasteiger partial charge in [0.15, 0.2) is 5.82 Å². The first-order valence-electron chi connectivity index (χ1n) is 8.26. The van der Waals surface area contributed by atoms with Gasteiger partial charge in [-0.15, -0.1) is 0 Å². The molecule has 24 heavy (non-hydrogen) atoms. The minimum absolute atomic E-state index is 0.0514. The highest BCUT2D eigenvalue weighted by atomic mass is 16.3. The van der Waals surface area contributed by atoms with Crippen LogP contribution in [0.3, 0.4) is 0 Å². The van der Waals surface area contributed by atoms with Gasteiger partial charge in [-0.2, -0.15) is 0 Å². The smallest absolute Gasteiger partial charge is 0.238 e. The van der Waals surface area contributed by atoms with Crippen LogP contribution < -0.4 is 5.32 Å². The highest BCUT2D eigenvalue weighted by molar-refractivity contribution is 5.93. The summed E-state index contributed by atoms with van der Waals surface area (Å²) in [4.78, 5) is 23.1. The van der Waals surface area contributed by atoms with Gasteiger partial charge in [0.05, 0.1) is 12.2 Å². The molecule has 2 aromatic rings. The largest absolute Gasteiger partial charge is 0.396 e. The van der Waals surface area contributed by atoms with Crippen LogP contribution >= 0.6 is 0 Å². The average molecular weight is 329 g/mol.